The summed E-state index contributed by atoms with van der Waals surface area (Å²) in [6, 6.07) is 7.55. The summed E-state index contributed by atoms with van der Waals surface area (Å²) >= 11 is 0. The maximum Gasteiger partial charge on any atom is 0.254 e. The zero-order valence-corrected chi connectivity index (χ0v) is 13.3. The highest BCUT2D eigenvalue weighted by Crippen LogP contribution is 2.12. The Balaban J connectivity index is 2.02. The van der Waals surface area contributed by atoms with E-state index in [-0.39, 0.29) is 5.91 Å². The number of methoxy groups -OCH3 is 1. The number of carbonyl (C=O) groups excluding carboxylic acids is 1. The molecule has 1 amide bonds. The molecule has 1 heterocycles. The molecule has 1 aromatic carbocycles. The van der Waals surface area contributed by atoms with Gasteiger partial charge in [0, 0.05) is 26.8 Å². The molecule has 6 heteroatoms. The van der Waals surface area contributed by atoms with Gasteiger partial charge in [-0.2, -0.15) is 0 Å². The molecule has 0 spiro atoms. The van der Waals surface area contributed by atoms with Crippen LogP contribution in [0.15, 0.2) is 30.5 Å². The third-order valence-corrected chi connectivity index (χ3v) is 3.22. The smallest absolute Gasteiger partial charge is 0.254 e. The molecule has 0 bridgehead atoms. The van der Waals surface area contributed by atoms with E-state index < -0.39 is 0 Å². The maximum absolute atomic E-state index is 12.2. The van der Waals surface area contributed by atoms with Gasteiger partial charge in [-0.15, -0.1) is 0 Å². The SMILES string of the molecule is COc1ccc(CNC(=O)c2cnc(N(C)C)nc2C)cc1. The predicted molar refractivity (Wildman–Crippen MR) is 85.3 cm³/mol. The summed E-state index contributed by atoms with van der Waals surface area (Å²) in [6.45, 7) is 2.24. The number of nitrogens with zero attached hydrogens (tertiary/aromatic N) is 3. The molecule has 1 aromatic heterocycles. The van der Waals surface area contributed by atoms with Gasteiger partial charge >= 0.3 is 0 Å². The second-order valence-electron chi connectivity index (χ2n) is 5.09. The van der Waals surface area contributed by atoms with Crippen LogP contribution in [0.5, 0.6) is 5.75 Å². The number of benzene rings is 1. The van der Waals surface area contributed by atoms with Crippen molar-refractivity contribution >= 4 is 11.9 Å². The number of aryl methyl sites for hydroxylation is 1. The number of aromatic nitrogens is 2. The van der Waals surface area contributed by atoms with Crippen LogP contribution in [0.1, 0.15) is 21.6 Å². The number of hydrogen-bond donors (Lipinski definition) is 1. The topological polar surface area (TPSA) is 67.3 Å². The van der Waals surface area contributed by atoms with Gasteiger partial charge in [-0.05, 0) is 24.6 Å². The largest absolute Gasteiger partial charge is 0.497 e. The van der Waals surface area contributed by atoms with Crippen molar-refractivity contribution in [2.75, 3.05) is 26.1 Å². The average molecular weight is 300 g/mol. The van der Waals surface area contributed by atoms with Crippen molar-refractivity contribution in [1.29, 1.82) is 0 Å². The molecule has 0 aliphatic carbocycles. The Kier molecular flexibility index (Phi) is 4.93. The summed E-state index contributed by atoms with van der Waals surface area (Å²) in [6.07, 6.45) is 1.56. The molecule has 0 aliphatic heterocycles. The van der Waals surface area contributed by atoms with Crippen LogP contribution in [-0.4, -0.2) is 37.1 Å². The Morgan fingerprint density at radius 2 is 1.95 bits per heavy atom. The predicted octanol–water partition coefficient (Wildman–Crippen LogP) is 1.79. The number of ether oxygens (including phenoxy) is 1. The van der Waals surface area contributed by atoms with Gasteiger partial charge in [-0.1, -0.05) is 12.1 Å². The van der Waals surface area contributed by atoms with Crippen molar-refractivity contribution in [3.05, 3.63) is 47.3 Å². The van der Waals surface area contributed by atoms with Crippen molar-refractivity contribution < 1.29 is 9.53 Å². The Hall–Kier alpha value is -2.63. The summed E-state index contributed by atoms with van der Waals surface area (Å²) in [5.74, 6) is 1.20. The molecule has 22 heavy (non-hydrogen) atoms. The second kappa shape index (κ2) is 6.89. The van der Waals surface area contributed by atoms with Crippen LogP contribution in [0.4, 0.5) is 5.95 Å². The summed E-state index contributed by atoms with van der Waals surface area (Å²) in [4.78, 5) is 22.5. The van der Waals surface area contributed by atoms with Gasteiger partial charge in [0.1, 0.15) is 5.75 Å². The van der Waals surface area contributed by atoms with Gasteiger partial charge in [0.15, 0.2) is 0 Å². The third-order valence-electron chi connectivity index (χ3n) is 3.22. The standard InChI is InChI=1S/C16H20N4O2/c1-11-14(10-18-16(19-11)20(2)3)15(21)17-9-12-5-7-13(22-4)8-6-12/h5-8,10H,9H2,1-4H3,(H,17,21). The molecule has 0 aliphatic rings. The Labute approximate surface area is 130 Å². The Morgan fingerprint density at radius 3 is 2.50 bits per heavy atom. The molecule has 0 saturated carbocycles. The van der Waals surface area contributed by atoms with Crippen LogP contribution in [0.25, 0.3) is 0 Å². The molecule has 6 nitrogen and oxygen atoms in total. The van der Waals surface area contributed by atoms with Crippen LogP contribution in [0.3, 0.4) is 0 Å². The van der Waals surface area contributed by atoms with Crippen LogP contribution >= 0.6 is 0 Å². The molecular formula is C16H20N4O2. The molecule has 1 N–H and O–H groups in total. The minimum atomic E-state index is -0.182. The third kappa shape index (κ3) is 3.72. The van der Waals surface area contributed by atoms with Crippen molar-refractivity contribution in [3.63, 3.8) is 0 Å². The monoisotopic (exact) mass is 300 g/mol. The molecular weight excluding hydrogens is 280 g/mol. The van der Waals surface area contributed by atoms with Crippen LogP contribution in [0.2, 0.25) is 0 Å². The Bertz CT molecular complexity index is 654. The molecule has 0 saturated heterocycles. The molecule has 2 rings (SSSR count). The zero-order chi connectivity index (χ0) is 16.1. The lowest BCUT2D eigenvalue weighted by atomic mass is 10.2. The number of amides is 1. The summed E-state index contributed by atoms with van der Waals surface area (Å²) < 4.78 is 5.10. The molecule has 0 radical (unpaired) electrons. The van der Waals surface area contributed by atoms with E-state index in [0.717, 1.165) is 11.3 Å². The van der Waals surface area contributed by atoms with Crippen LogP contribution in [0, 0.1) is 6.92 Å². The van der Waals surface area contributed by atoms with E-state index in [4.69, 9.17) is 4.74 Å². The van der Waals surface area contributed by atoms with E-state index >= 15 is 0 Å². The second-order valence-corrected chi connectivity index (χ2v) is 5.09. The summed E-state index contributed by atoms with van der Waals surface area (Å²) in [7, 11) is 5.34. The zero-order valence-electron chi connectivity index (χ0n) is 13.3. The molecule has 116 valence electrons. The first-order valence-electron chi connectivity index (χ1n) is 6.93. The van der Waals surface area contributed by atoms with Gasteiger partial charge in [-0.25, -0.2) is 9.97 Å². The van der Waals surface area contributed by atoms with E-state index in [2.05, 4.69) is 15.3 Å². The average Bonchev–Trinajstić information content (AvgIpc) is 2.52. The van der Waals surface area contributed by atoms with Crippen LogP contribution in [-0.2, 0) is 6.54 Å². The first kappa shape index (κ1) is 15.8. The number of anilines is 1. The number of hydrogen-bond acceptors (Lipinski definition) is 5. The molecule has 0 fully saturated rings. The normalized spacial score (nSPS) is 10.2. The van der Waals surface area contributed by atoms with Gasteiger partial charge in [0.2, 0.25) is 5.95 Å². The Morgan fingerprint density at radius 1 is 1.27 bits per heavy atom. The van der Waals surface area contributed by atoms with E-state index in [9.17, 15) is 4.79 Å². The van der Waals surface area contributed by atoms with Crippen molar-refractivity contribution in [2.45, 2.75) is 13.5 Å². The fraction of sp³-hybridized carbons (Fsp3) is 0.312. The van der Waals surface area contributed by atoms with Gasteiger partial charge in [-0.3, -0.25) is 4.79 Å². The minimum absolute atomic E-state index is 0.182. The fourth-order valence-electron chi connectivity index (χ4n) is 1.91. The summed E-state index contributed by atoms with van der Waals surface area (Å²) in [5, 5.41) is 2.87. The van der Waals surface area contributed by atoms with E-state index in [1.54, 1.807) is 25.1 Å². The van der Waals surface area contributed by atoms with E-state index in [1.807, 2.05) is 38.4 Å². The van der Waals surface area contributed by atoms with E-state index in [0.29, 0.717) is 23.8 Å². The number of nitrogens with one attached hydrogen (secondary N) is 1. The first-order valence-corrected chi connectivity index (χ1v) is 6.93. The van der Waals surface area contributed by atoms with Crippen molar-refractivity contribution in [2.24, 2.45) is 0 Å². The number of carbonyl (C=O) groups is 1. The molecule has 2 aromatic rings. The minimum Gasteiger partial charge on any atom is -0.497 e. The number of rotatable bonds is 5. The van der Waals surface area contributed by atoms with Crippen molar-refractivity contribution in [3.8, 4) is 5.75 Å². The highest BCUT2D eigenvalue weighted by Gasteiger charge is 2.12. The lowest BCUT2D eigenvalue weighted by molar-refractivity contribution is 0.0949. The maximum atomic E-state index is 12.2. The van der Waals surface area contributed by atoms with Gasteiger partial charge in [0.05, 0.1) is 18.4 Å². The molecule has 0 atom stereocenters. The van der Waals surface area contributed by atoms with Crippen LogP contribution < -0.4 is 15.0 Å². The van der Waals surface area contributed by atoms with E-state index in [1.165, 1.54) is 0 Å². The molecule has 0 unspecified atom stereocenters. The highest BCUT2D eigenvalue weighted by molar-refractivity contribution is 5.94. The summed E-state index contributed by atoms with van der Waals surface area (Å²) in [5.41, 5.74) is 2.14. The fourth-order valence-corrected chi connectivity index (χ4v) is 1.91. The highest BCUT2D eigenvalue weighted by atomic mass is 16.5. The van der Waals surface area contributed by atoms with Crippen molar-refractivity contribution in [1.82, 2.24) is 15.3 Å². The lowest BCUT2D eigenvalue weighted by Crippen LogP contribution is -2.25. The quantitative estimate of drug-likeness (QED) is 0.912. The lowest BCUT2D eigenvalue weighted by Gasteiger charge is -2.12. The van der Waals surface area contributed by atoms with Gasteiger partial charge < -0.3 is 15.0 Å². The van der Waals surface area contributed by atoms with Gasteiger partial charge in [0.25, 0.3) is 5.91 Å². The first-order chi connectivity index (χ1) is 10.5.